The summed E-state index contributed by atoms with van der Waals surface area (Å²) in [6, 6.07) is 11.3. The lowest BCUT2D eigenvalue weighted by molar-refractivity contribution is 0.101. The van der Waals surface area contributed by atoms with Gasteiger partial charge in [-0.25, -0.2) is 15.1 Å². The first-order chi connectivity index (χ1) is 16.3. The second-order valence-corrected chi connectivity index (χ2v) is 9.33. The number of hydrogen-bond acceptors (Lipinski definition) is 8. The standard InChI is InChI=1S/C23H25N5O5S/c24-34(31,32)33-14-18-10-19(11-21(18)29)27-23-20(12-25-15-26-23)22(30)17-7-9-28(13-17)8-6-16-4-2-1-3-5-16/h1-9,12-13,15,18-19,21,29H,10-11,14H2,(H2,24,31,32)(H,25,26,27)/b8-6-/t18-,19-,21+/m1/s1. The highest BCUT2D eigenvalue weighted by Gasteiger charge is 2.34. The van der Waals surface area contributed by atoms with Gasteiger partial charge in [0.15, 0.2) is 5.78 Å². The zero-order valence-corrected chi connectivity index (χ0v) is 19.0. The normalized spacial score (nSPS) is 20.6. The minimum absolute atomic E-state index is 0.211. The SMILES string of the molecule is NS(=O)(=O)OC[C@H]1C[C@@H](Nc2ncncc2C(=O)c2ccn(/C=C\c3ccccc3)c2)C[C@@H]1O. The van der Waals surface area contributed by atoms with Gasteiger partial charge in [0, 0.05) is 42.3 Å². The zero-order valence-electron chi connectivity index (χ0n) is 18.2. The van der Waals surface area contributed by atoms with Gasteiger partial charge in [-0.3, -0.25) is 8.98 Å². The first kappa shape index (κ1) is 23.8. The molecule has 1 aromatic carbocycles. The van der Waals surface area contributed by atoms with Crippen LogP contribution in [0.1, 0.15) is 34.3 Å². The number of hydrogen-bond donors (Lipinski definition) is 3. The van der Waals surface area contributed by atoms with Gasteiger partial charge in [0.1, 0.15) is 12.1 Å². The maximum atomic E-state index is 13.2. The van der Waals surface area contributed by atoms with E-state index in [1.54, 1.807) is 23.0 Å². The van der Waals surface area contributed by atoms with Crippen LogP contribution < -0.4 is 10.5 Å². The third-order valence-corrected chi connectivity index (χ3v) is 6.08. The fourth-order valence-electron chi connectivity index (χ4n) is 3.92. The number of benzene rings is 1. The second-order valence-electron chi connectivity index (χ2n) is 8.11. The number of nitrogens with zero attached hydrogens (tertiary/aromatic N) is 3. The van der Waals surface area contributed by atoms with Gasteiger partial charge in [0.05, 0.1) is 18.3 Å². The number of aliphatic hydroxyl groups is 1. The molecule has 0 bridgehead atoms. The number of nitrogens with two attached hydrogens (primary N) is 1. The summed E-state index contributed by atoms with van der Waals surface area (Å²) in [6.45, 7) is -0.211. The number of carbonyl (C=O) groups is 1. The van der Waals surface area contributed by atoms with E-state index in [1.165, 1.54) is 12.5 Å². The molecular formula is C23H25N5O5S. The molecule has 0 saturated heterocycles. The van der Waals surface area contributed by atoms with Crippen LogP contribution in [0.15, 0.2) is 61.3 Å². The van der Waals surface area contributed by atoms with Crippen LogP contribution in [0.4, 0.5) is 5.82 Å². The van der Waals surface area contributed by atoms with E-state index < -0.39 is 22.3 Å². The Labute approximate surface area is 197 Å². The Bertz CT molecular complexity index is 1280. The fourth-order valence-corrected chi connectivity index (χ4v) is 4.28. The maximum absolute atomic E-state index is 13.2. The molecule has 1 fully saturated rings. The van der Waals surface area contributed by atoms with Crippen LogP contribution in [0.25, 0.3) is 12.3 Å². The molecule has 10 nitrogen and oxygen atoms in total. The van der Waals surface area contributed by atoms with Gasteiger partial charge in [-0.15, -0.1) is 0 Å². The summed E-state index contributed by atoms with van der Waals surface area (Å²) in [6.07, 6.45) is 10.1. The molecule has 3 aromatic rings. The molecule has 0 unspecified atom stereocenters. The van der Waals surface area contributed by atoms with Crippen molar-refractivity contribution < 1.29 is 22.5 Å². The molecule has 0 spiro atoms. The summed E-state index contributed by atoms with van der Waals surface area (Å²) < 4.78 is 28.5. The Morgan fingerprint density at radius 2 is 2.06 bits per heavy atom. The van der Waals surface area contributed by atoms with Gasteiger partial charge < -0.3 is 15.0 Å². The molecule has 11 heteroatoms. The van der Waals surface area contributed by atoms with Crippen LogP contribution in [0.5, 0.6) is 0 Å². The van der Waals surface area contributed by atoms with Gasteiger partial charge in [-0.05, 0) is 30.5 Å². The van der Waals surface area contributed by atoms with Crippen LogP contribution in [-0.2, 0) is 14.5 Å². The van der Waals surface area contributed by atoms with E-state index in [-0.39, 0.29) is 18.4 Å². The number of rotatable bonds is 9. The molecule has 178 valence electrons. The Kier molecular flexibility index (Phi) is 7.17. The van der Waals surface area contributed by atoms with Crippen molar-refractivity contribution in [3.8, 4) is 0 Å². The van der Waals surface area contributed by atoms with Crippen LogP contribution >= 0.6 is 0 Å². The number of nitrogens with one attached hydrogen (secondary N) is 1. The molecule has 1 aliphatic rings. The van der Waals surface area contributed by atoms with E-state index in [9.17, 15) is 18.3 Å². The summed E-state index contributed by atoms with van der Waals surface area (Å²) in [4.78, 5) is 21.4. The Hall–Kier alpha value is -3.38. The van der Waals surface area contributed by atoms with E-state index >= 15 is 0 Å². The van der Waals surface area contributed by atoms with E-state index in [0.717, 1.165) is 5.56 Å². The lowest BCUT2D eigenvalue weighted by Crippen LogP contribution is -2.24. The third kappa shape index (κ3) is 6.14. The number of carbonyl (C=O) groups excluding carboxylic acids is 1. The largest absolute Gasteiger partial charge is 0.393 e. The van der Waals surface area contributed by atoms with Crippen LogP contribution in [0, 0.1) is 5.92 Å². The van der Waals surface area contributed by atoms with Crippen molar-refractivity contribution in [2.75, 3.05) is 11.9 Å². The summed E-state index contributed by atoms with van der Waals surface area (Å²) >= 11 is 0. The second kappa shape index (κ2) is 10.3. The summed E-state index contributed by atoms with van der Waals surface area (Å²) in [5, 5.41) is 18.3. The summed E-state index contributed by atoms with van der Waals surface area (Å²) in [5.74, 6) is -0.317. The average Bonchev–Trinajstić information content (AvgIpc) is 3.43. The van der Waals surface area contributed by atoms with Crippen molar-refractivity contribution in [2.24, 2.45) is 11.1 Å². The van der Waals surface area contributed by atoms with Gasteiger partial charge >= 0.3 is 10.3 Å². The van der Waals surface area contributed by atoms with Gasteiger partial charge in [0.2, 0.25) is 0 Å². The topological polar surface area (TPSA) is 149 Å². The van der Waals surface area contributed by atoms with E-state index in [1.807, 2.05) is 42.6 Å². The molecule has 1 aliphatic carbocycles. The molecule has 3 atom stereocenters. The Morgan fingerprint density at radius 1 is 1.26 bits per heavy atom. The molecule has 0 radical (unpaired) electrons. The van der Waals surface area contributed by atoms with Crippen LogP contribution in [0.3, 0.4) is 0 Å². The highest BCUT2D eigenvalue weighted by Crippen LogP contribution is 2.30. The smallest absolute Gasteiger partial charge is 0.333 e. The number of anilines is 1. The van der Waals surface area contributed by atoms with Crippen molar-refractivity contribution in [1.29, 1.82) is 0 Å². The van der Waals surface area contributed by atoms with E-state index in [4.69, 9.17) is 5.14 Å². The number of aliphatic hydroxyl groups excluding tert-OH is 1. The first-order valence-corrected chi connectivity index (χ1v) is 12.1. The van der Waals surface area contributed by atoms with Crippen LogP contribution in [0.2, 0.25) is 0 Å². The Morgan fingerprint density at radius 3 is 2.82 bits per heavy atom. The Balaban J connectivity index is 1.44. The van der Waals surface area contributed by atoms with Crippen molar-refractivity contribution in [1.82, 2.24) is 14.5 Å². The lowest BCUT2D eigenvalue weighted by atomic mass is 10.1. The van der Waals surface area contributed by atoms with E-state index in [2.05, 4.69) is 19.5 Å². The van der Waals surface area contributed by atoms with Crippen molar-refractivity contribution in [2.45, 2.75) is 25.0 Å². The molecule has 0 amide bonds. The van der Waals surface area contributed by atoms with Crippen molar-refractivity contribution in [3.63, 3.8) is 0 Å². The predicted octanol–water partition coefficient (Wildman–Crippen LogP) is 1.91. The molecular weight excluding hydrogens is 458 g/mol. The first-order valence-electron chi connectivity index (χ1n) is 10.7. The third-order valence-electron chi connectivity index (χ3n) is 5.62. The minimum Gasteiger partial charge on any atom is -0.393 e. The molecule has 34 heavy (non-hydrogen) atoms. The minimum atomic E-state index is -4.08. The molecule has 0 aliphatic heterocycles. The fraction of sp³-hybridized carbons (Fsp3) is 0.261. The maximum Gasteiger partial charge on any atom is 0.333 e. The van der Waals surface area contributed by atoms with Crippen LogP contribution in [-0.4, -0.2) is 52.6 Å². The monoisotopic (exact) mass is 483 g/mol. The molecule has 2 heterocycles. The quantitative estimate of drug-likeness (QED) is 0.391. The highest BCUT2D eigenvalue weighted by atomic mass is 32.2. The highest BCUT2D eigenvalue weighted by molar-refractivity contribution is 7.84. The zero-order chi connectivity index (χ0) is 24.1. The molecule has 4 rings (SSSR count). The summed E-state index contributed by atoms with van der Waals surface area (Å²) in [7, 11) is -4.08. The lowest BCUT2D eigenvalue weighted by Gasteiger charge is -2.15. The van der Waals surface area contributed by atoms with Gasteiger partial charge in [-0.1, -0.05) is 30.3 Å². The molecule has 2 aromatic heterocycles. The van der Waals surface area contributed by atoms with Crippen molar-refractivity contribution in [3.05, 3.63) is 78.0 Å². The number of aromatic nitrogens is 3. The van der Waals surface area contributed by atoms with Crippen molar-refractivity contribution >= 4 is 34.2 Å². The predicted molar refractivity (Wildman–Crippen MR) is 127 cm³/mol. The van der Waals surface area contributed by atoms with E-state index in [0.29, 0.717) is 29.8 Å². The average molecular weight is 484 g/mol. The number of ketones is 1. The van der Waals surface area contributed by atoms with Gasteiger partial charge in [0.25, 0.3) is 0 Å². The summed E-state index contributed by atoms with van der Waals surface area (Å²) in [5.41, 5.74) is 1.81. The van der Waals surface area contributed by atoms with Gasteiger partial charge in [-0.2, -0.15) is 8.42 Å². The molecule has 1 saturated carbocycles. The molecule has 4 N–H and O–H groups in total.